The summed E-state index contributed by atoms with van der Waals surface area (Å²) in [5.74, 6) is -1.00. The maximum absolute atomic E-state index is 14.5. The predicted molar refractivity (Wildman–Crippen MR) is 110 cm³/mol. The minimum absolute atomic E-state index is 0.0755. The Morgan fingerprint density at radius 2 is 1.93 bits per heavy atom. The third kappa shape index (κ3) is 4.04. The van der Waals surface area contributed by atoms with Crippen LogP contribution in [0.5, 0.6) is 0 Å². The first-order valence-corrected chi connectivity index (χ1v) is 9.91. The molecule has 1 N–H and O–H groups in total. The summed E-state index contributed by atoms with van der Waals surface area (Å²) in [7, 11) is 0. The molecule has 1 aliphatic heterocycles. The minimum Gasteiger partial charge on any atom is -0.451 e. The number of benzene rings is 2. The Kier molecular flexibility index (Phi) is 5.65. The van der Waals surface area contributed by atoms with Gasteiger partial charge in [-0.25, -0.2) is 4.39 Å². The summed E-state index contributed by atoms with van der Waals surface area (Å²) in [5, 5.41) is 3.52. The van der Waals surface area contributed by atoms with Gasteiger partial charge < -0.3 is 9.73 Å². The molecule has 150 valence electrons. The van der Waals surface area contributed by atoms with E-state index in [0.717, 1.165) is 25.9 Å². The van der Waals surface area contributed by atoms with Crippen molar-refractivity contribution < 1.29 is 13.6 Å². The highest BCUT2D eigenvalue weighted by Crippen LogP contribution is 2.32. The highest BCUT2D eigenvalue weighted by molar-refractivity contribution is 6.31. The van der Waals surface area contributed by atoms with Crippen molar-refractivity contribution in [2.75, 3.05) is 19.6 Å². The van der Waals surface area contributed by atoms with Crippen LogP contribution in [0.4, 0.5) is 4.39 Å². The number of halogens is 2. The maximum Gasteiger partial charge on any atom is 0.287 e. The van der Waals surface area contributed by atoms with Crippen LogP contribution in [0.15, 0.2) is 57.7 Å². The standard InChI is InChI=1S/C22H20ClFN2O3/c23-15-7-5-8-16(24)21(15)17(26-10-3-4-11-26)13-25-22(28)20-12-18(27)14-6-1-2-9-19(14)29-20/h1-2,5-9,12,17H,3-4,10-11,13H2,(H,25,28). The third-order valence-electron chi connectivity index (χ3n) is 5.23. The van der Waals surface area contributed by atoms with E-state index in [1.165, 1.54) is 12.1 Å². The summed E-state index contributed by atoms with van der Waals surface area (Å²) in [5.41, 5.74) is 0.431. The molecule has 5 nitrogen and oxygen atoms in total. The molecule has 4 rings (SSSR count). The van der Waals surface area contributed by atoms with Gasteiger partial charge in [-0.15, -0.1) is 0 Å². The van der Waals surface area contributed by atoms with Crippen LogP contribution in [0.25, 0.3) is 11.0 Å². The van der Waals surface area contributed by atoms with E-state index in [4.69, 9.17) is 16.0 Å². The lowest BCUT2D eigenvalue weighted by Crippen LogP contribution is -2.37. The predicted octanol–water partition coefficient (Wildman–Crippen LogP) is 4.15. The molecule has 2 heterocycles. The molecule has 0 saturated carbocycles. The van der Waals surface area contributed by atoms with Gasteiger partial charge in [-0.2, -0.15) is 0 Å². The lowest BCUT2D eigenvalue weighted by Gasteiger charge is -2.29. The van der Waals surface area contributed by atoms with Crippen molar-refractivity contribution in [2.45, 2.75) is 18.9 Å². The van der Waals surface area contributed by atoms with Crippen molar-refractivity contribution in [1.82, 2.24) is 10.2 Å². The molecule has 7 heteroatoms. The van der Waals surface area contributed by atoms with Crippen molar-refractivity contribution in [3.05, 3.63) is 80.9 Å². The summed E-state index contributed by atoms with van der Waals surface area (Å²) >= 11 is 6.28. The van der Waals surface area contributed by atoms with Gasteiger partial charge in [0.1, 0.15) is 11.4 Å². The molecule has 0 bridgehead atoms. The Morgan fingerprint density at radius 3 is 2.69 bits per heavy atom. The van der Waals surface area contributed by atoms with Crippen LogP contribution < -0.4 is 10.7 Å². The molecule has 1 fully saturated rings. The van der Waals surface area contributed by atoms with Crippen LogP contribution in [-0.2, 0) is 0 Å². The molecule has 1 aromatic heterocycles. The molecule has 0 spiro atoms. The molecule has 2 aromatic carbocycles. The van der Waals surface area contributed by atoms with E-state index in [9.17, 15) is 14.0 Å². The van der Waals surface area contributed by atoms with Crippen LogP contribution >= 0.6 is 11.6 Å². The molecule has 1 unspecified atom stereocenters. The van der Waals surface area contributed by atoms with Crippen molar-refractivity contribution in [1.29, 1.82) is 0 Å². The van der Waals surface area contributed by atoms with Gasteiger partial charge in [-0.3, -0.25) is 14.5 Å². The first kappa shape index (κ1) is 19.6. The van der Waals surface area contributed by atoms with E-state index >= 15 is 0 Å². The number of nitrogens with one attached hydrogen (secondary N) is 1. The van der Waals surface area contributed by atoms with Gasteiger partial charge in [0.05, 0.1) is 11.4 Å². The van der Waals surface area contributed by atoms with E-state index in [0.29, 0.717) is 21.6 Å². The number of hydrogen-bond donors (Lipinski definition) is 1. The van der Waals surface area contributed by atoms with Crippen molar-refractivity contribution in [3.8, 4) is 0 Å². The van der Waals surface area contributed by atoms with E-state index < -0.39 is 17.8 Å². The second kappa shape index (κ2) is 8.35. The maximum atomic E-state index is 14.5. The van der Waals surface area contributed by atoms with Crippen molar-refractivity contribution in [3.63, 3.8) is 0 Å². The highest BCUT2D eigenvalue weighted by atomic mass is 35.5. The molecule has 1 atom stereocenters. The fourth-order valence-corrected chi connectivity index (χ4v) is 4.08. The van der Waals surface area contributed by atoms with Gasteiger partial charge in [-0.05, 0) is 50.2 Å². The van der Waals surface area contributed by atoms with Crippen LogP contribution in [0.2, 0.25) is 5.02 Å². The summed E-state index contributed by atoms with van der Waals surface area (Å²) < 4.78 is 20.1. The number of nitrogens with zero attached hydrogens (tertiary/aromatic N) is 1. The number of carbonyl (C=O) groups excluding carboxylic acids is 1. The third-order valence-corrected chi connectivity index (χ3v) is 5.56. The smallest absolute Gasteiger partial charge is 0.287 e. The molecule has 0 radical (unpaired) electrons. The fraction of sp³-hybridized carbons (Fsp3) is 0.273. The number of amides is 1. The zero-order valence-corrected chi connectivity index (χ0v) is 16.4. The average Bonchev–Trinajstić information content (AvgIpc) is 3.24. The molecule has 29 heavy (non-hydrogen) atoms. The minimum atomic E-state index is -0.524. The second-order valence-corrected chi connectivity index (χ2v) is 7.48. The van der Waals surface area contributed by atoms with Crippen LogP contribution in [0.3, 0.4) is 0 Å². The Hall–Kier alpha value is -2.70. The van der Waals surface area contributed by atoms with Gasteiger partial charge in [0.15, 0.2) is 11.2 Å². The summed E-state index contributed by atoms with van der Waals surface area (Å²) in [6.45, 7) is 1.75. The number of para-hydroxylation sites is 1. The number of rotatable bonds is 5. The monoisotopic (exact) mass is 414 g/mol. The van der Waals surface area contributed by atoms with Gasteiger partial charge in [0, 0.05) is 23.2 Å². The average molecular weight is 415 g/mol. The zero-order chi connectivity index (χ0) is 20.4. The van der Waals surface area contributed by atoms with E-state index in [2.05, 4.69) is 10.2 Å². The SMILES string of the molecule is O=C(NCC(c1c(F)cccc1Cl)N1CCCC1)c1cc(=O)c2ccccc2o1. The Balaban J connectivity index is 1.59. The summed E-state index contributed by atoms with van der Waals surface area (Å²) in [4.78, 5) is 27.0. The van der Waals surface area contributed by atoms with Gasteiger partial charge in [-0.1, -0.05) is 29.8 Å². The lowest BCUT2D eigenvalue weighted by atomic mass is 10.0. The number of hydrogen-bond acceptors (Lipinski definition) is 4. The number of fused-ring (bicyclic) bond motifs is 1. The Bertz CT molecular complexity index is 1090. The van der Waals surface area contributed by atoms with E-state index in [-0.39, 0.29) is 17.7 Å². The van der Waals surface area contributed by atoms with Gasteiger partial charge in [0.25, 0.3) is 5.91 Å². The summed E-state index contributed by atoms with van der Waals surface area (Å²) in [6.07, 6.45) is 2.02. The second-order valence-electron chi connectivity index (χ2n) is 7.08. The number of carbonyl (C=O) groups is 1. The quantitative estimate of drug-likeness (QED) is 0.681. The first-order valence-electron chi connectivity index (χ1n) is 9.53. The molecular weight excluding hydrogens is 395 g/mol. The van der Waals surface area contributed by atoms with Crippen LogP contribution in [0, 0.1) is 5.82 Å². The van der Waals surface area contributed by atoms with Crippen molar-refractivity contribution >= 4 is 28.5 Å². The molecule has 1 aliphatic rings. The Labute approximate surface area is 172 Å². The molecule has 1 saturated heterocycles. The van der Waals surface area contributed by atoms with Crippen LogP contribution in [-0.4, -0.2) is 30.4 Å². The fourth-order valence-electron chi connectivity index (χ4n) is 3.79. The molecular formula is C22H20ClFN2O3. The molecule has 0 aliphatic carbocycles. The topological polar surface area (TPSA) is 62.6 Å². The molecule has 3 aromatic rings. The van der Waals surface area contributed by atoms with Gasteiger partial charge >= 0.3 is 0 Å². The largest absolute Gasteiger partial charge is 0.451 e. The van der Waals surface area contributed by atoms with Gasteiger partial charge in [0.2, 0.25) is 0 Å². The normalized spacial score (nSPS) is 15.5. The van der Waals surface area contributed by atoms with E-state index in [1.54, 1.807) is 36.4 Å². The summed E-state index contributed by atoms with van der Waals surface area (Å²) in [6, 6.07) is 12.1. The first-order chi connectivity index (χ1) is 14.0. The molecule has 1 amide bonds. The van der Waals surface area contributed by atoms with Crippen LogP contribution in [0.1, 0.15) is 35.0 Å². The number of likely N-dealkylation sites (tertiary alicyclic amines) is 1. The van der Waals surface area contributed by atoms with Crippen molar-refractivity contribution in [2.24, 2.45) is 0 Å². The van der Waals surface area contributed by atoms with E-state index in [1.807, 2.05) is 0 Å². The zero-order valence-electron chi connectivity index (χ0n) is 15.7. The lowest BCUT2D eigenvalue weighted by molar-refractivity contribution is 0.0910. The highest BCUT2D eigenvalue weighted by Gasteiger charge is 2.28. The Morgan fingerprint density at radius 1 is 1.17 bits per heavy atom.